The number of aromatic nitrogens is 2. The van der Waals surface area contributed by atoms with Crippen molar-refractivity contribution in [1.29, 1.82) is 0 Å². The maximum Gasteiger partial charge on any atom is 0.339 e. The second-order valence-electron chi connectivity index (χ2n) is 4.76. The molecule has 102 valence electrons. The molecule has 1 aromatic carbocycles. The summed E-state index contributed by atoms with van der Waals surface area (Å²) in [6, 6.07) is 9.15. The van der Waals surface area contributed by atoms with Crippen molar-refractivity contribution >= 4 is 17.6 Å². The number of carboxylic acids is 1. The molecule has 0 bridgehead atoms. The first-order valence-electron chi connectivity index (χ1n) is 6.27. The summed E-state index contributed by atoms with van der Waals surface area (Å²) in [5.41, 5.74) is 0.843. The second-order valence-corrected chi connectivity index (χ2v) is 4.76. The van der Waals surface area contributed by atoms with Gasteiger partial charge >= 0.3 is 5.97 Å². The Morgan fingerprint density at radius 3 is 2.70 bits per heavy atom. The summed E-state index contributed by atoms with van der Waals surface area (Å²) < 4.78 is 1.49. The van der Waals surface area contributed by atoms with Gasteiger partial charge in [0.15, 0.2) is 0 Å². The third-order valence-corrected chi connectivity index (χ3v) is 3.41. The molecule has 6 nitrogen and oxygen atoms in total. The molecule has 0 spiro atoms. The lowest BCUT2D eigenvalue weighted by Crippen LogP contribution is -2.43. The molecule has 6 heteroatoms. The van der Waals surface area contributed by atoms with Crippen molar-refractivity contribution < 1.29 is 14.7 Å². The smallest absolute Gasteiger partial charge is 0.339 e. The molecule has 0 fully saturated rings. The highest BCUT2D eigenvalue weighted by Gasteiger charge is 2.34. The number of hydrogen-bond donors (Lipinski definition) is 1. The van der Waals surface area contributed by atoms with Gasteiger partial charge in [0, 0.05) is 12.2 Å². The number of aromatic carboxylic acids is 1. The van der Waals surface area contributed by atoms with Crippen molar-refractivity contribution in [2.75, 3.05) is 11.4 Å². The molecule has 20 heavy (non-hydrogen) atoms. The van der Waals surface area contributed by atoms with Crippen molar-refractivity contribution in [2.45, 2.75) is 13.0 Å². The highest BCUT2D eigenvalue weighted by atomic mass is 16.4. The number of carbonyl (C=O) groups excluding carboxylic acids is 1. The van der Waals surface area contributed by atoms with Gasteiger partial charge in [-0.2, -0.15) is 5.10 Å². The SMILES string of the molecule is CC1CN(c2ccccc2)C(=O)c2c(C(=O)O)cnn21. The molecule has 1 aromatic heterocycles. The minimum absolute atomic E-state index is 0.0533. The average Bonchev–Trinajstić information content (AvgIpc) is 2.89. The zero-order valence-electron chi connectivity index (χ0n) is 10.9. The van der Waals surface area contributed by atoms with Gasteiger partial charge in [-0.25, -0.2) is 4.79 Å². The Balaban J connectivity index is 2.10. The molecule has 0 radical (unpaired) electrons. The van der Waals surface area contributed by atoms with E-state index in [9.17, 15) is 9.59 Å². The van der Waals surface area contributed by atoms with Gasteiger partial charge in [0.25, 0.3) is 5.91 Å². The van der Waals surface area contributed by atoms with Gasteiger partial charge < -0.3 is 10.0 Å². The quantitative estimate of drug-likeness (QED) is 0.903. The molecule has 0 saturated carbocycles. The van der Waals surface area contributed by atoms with E-state index in [1.54, 1.807) is 4.90 Å². The first kappa shape index (κ1) is 12.4. The van der Waals surface area contributed by atoms with Gasteiger partial charge in [-0.05, 0) is 19.1 Å². The molecule has 2 aromatic rings. The molecule has 1 N–H and O–H groups in total. The number of anilines is 1. The van der Waals surface area contributed by atoms with Crippen LogP contribution in [0.1, 0.15) is 33.8 Å². The van der Waals surface area contributed by atoms with Gasteiger partial charge in [0.05, 0.1) is 12.2 Å². The van der Waals surface area contributed by atoms with Gasteiger partial charge in [-0.1, -0.05) is 18.2 Å². The zero-order chi connectivity index (χ0) is 14.3. The van der Waals surface area contributed by atoms with Crippen LogP contribution in [0.3, 0.4) is 0 Å². The number of hydrogen-bond acceptors (Lipinski definition) is 3. The average molecular weight is 271 g/mol. The Labute approximate surface area is 115 Å². The second kappa shape index (κ2) is 4.48. The van der Waals surface area contributed by atoms with Crippen LogP contribution in [0.4, 0.5) is 5.69 Å². The van der Waals surface area contributed by atoms with Crippen molar-refractivity contribution in [3.63, 3.8) is 0 Å². The molecule has 2 heterocycles. The number of nitrogens with zero attached hydrogens (tertiary/aromatic N) is 3. The molecule has 1 atom stereocenters. The summed E-state index contributed by atoms with van der Waals surface area (Å²) in [5, 5.41) is 13.2. The number of amides is 1. The van der Waals surface area contributed by atoms with E-state index in [4.69, 9.17) is 5.11 Å². The van der Waals surface area contributed by atoms with Crippen molar-refractivity contribution in [3.05, 3.63) is 47.8 Å². The normalized spacial score (nSPS) is 17.9. The minimum atomic E-state index is -1.14. The molecule has 1 amide bonds. The summed E-state index contributed by atoms with van der Waals surface area (Å²) in [4.78, 5) is 25.3. The highest BCUT2D eigenvalue weighted by molar-refractivity contribution is 6.11. The topological polar surface area (TPSA) is 75.4 Å². The summed E-state index contributed by atoms with van der Waals surface area (Å²) in [6.07, 6.45) is 1.24. The lowest BCUT2D eigenvalue weighted by atomic mass is 10.1. The first-order chi connectivity index (χ1) is 9.59. The monoisotopic (exact) mass is 271 g/mol. The number of carboxylic acid groups (broad SMARTS) is 1. The van der Waals surface area contributed by atoms with Gasteiger partial charge in [0.1, 0.15) is 11.3 Å². The fraction of sp³-hybridized carbons (Fsp3) is 0.214. The summed E-state index contributed by atoms with van der Waals surface area (Å²) in [7, 11) is 0. The van der Waals surface area contributed by atoms with Crippen LogP contribution in [0, 0.1) is 0 Å². The fourth-order valence-corrected chi connectivity index (χ4v) is 2.45. The Morgan fingerprint density at radius 2 is 2.05 bits per heavy atom. The van der Waals surface area contributed by atoms with Crippen LogP contribution in [0.2, 0.25) is 0 Å². The molecule has 3 rings (SSSR count). The molecular weight excluding hydrogens is 258 g/mol. The number of benzene rings is 1. The third-order valence-electron chi connectivity index (χ3n) is 3.41. The Morgan fingerprint density at radius 1 is 1.35 bits per heavy atom. The van der Waals surface area contributed by atoms with E-state index in [0.717, 1.165) is 5.69 Å². The van der Waals surface area contributed by atoms with E-state index >= 15 is 0 Å². The maximum atomic E-state index is 12.6. The van der Waals surface area contributed by atoms with Crippen LogP contribution in [-0.4, -0.2) is 33.3 Å². The minimum Gasteiger partial charge on any atom is -0.478 e. The zero-order valence-corrected chi connectivity index (χ0v) is 10.9. The predicted molar refractivity (Wildman–Crippen MR) is 72.0 cm³/mol. The van der Waals surface area contributed by atoms with E-state index in [-0.39, 0.29) is 23.2 Å². The van der Waals surface area contributed by atoms with Crippen LogP contribution in [0.15, 0.2) is 36.5 Å². The van der Waals surface area contributed by atoms with Gasteiger partial charge in [-0.3, -0.25) is 9.48 Å². The summed E-state index contributed by atoms with van der Waals surface area (Å²) in [6.45, 7) is 2.38. The summed E-state index contributed by atoms with van der Waals surface area (Å²) >= 11 is 0. The lowest BCUT2D eigenvalue weighted by Gasteiger charge is -2.32. The molecule has 1 aliphatic rings. The van der Waals surface area contributed by atoms with Gasteiger partial charge in [0.2, 0.25) is 0 Å². The Hall–Kier alpha value is -2.63. The molecule has 1 aliphatic heterocycles. The summed E-state index contributed by atoms with van der Waals surface area (Å²) in [5.74, 6) is -1.47. The van der Waals surface area contributed by atoms with Crippen molar-refractivity contribution in [3.8, 4) is 0 Å². The van der Waals surface area contributed by atoms with Crippen LogP contribution in [0.25, 0.3) is 0 Å². The standard InChI is InChI=1S/C14H13N3O3/c1-9-8-16(10-5-3-2-4-6-10)13(18)12-11(14(19)20)7-15-17(9)12/h2-7,9H,8H2,1H3,(H,19,20). The third kappa shape index (κ3) is 1.77. The first-order valence-corrected chi connectivity index (χ1v) is 6.27. The fourth-order valence-electron chi connectivity index (χ4n) is 2.45. The number of fused-ring (bicyclic) bond motifs is 1. The number of para-hydroxylation sites is 1. The van der Waals surface area contributed by atoms with E-state index in [1.807, 2.05) is 37.3 Å². The van der Waals surface area contributed by atoms with E-state index in [2.05, 4.69) is 5.10 Å². The molecular formula is C14H13N3O3. The van der Waals surface area contributed by atoms with E-state index in [1.165, 1.54) is 10.9 Å². The molecule has 1 unspecified atom stereocenters. The molecule has 0 aliphatic carbocycles. The molecule has 0 saturated heterocycles. The van der Waals surface area contributed by atoms with Crippen LogP contribution < -0.4 is 4.90 Å². The Bertz CT molecular complexity index is 678. The van der Waals surface area contributed by atoms with Crippen LogP contribution >= 0.6 is 0 Å². The van der Waals surface area contributed by atoms with Crippen molar-refractivity contribution in [2.24, 2.45) is 0 Å². The van der Waals surface area contributed by atoms with Gasteiger partial charge in [-0.15, -0.1) is 0 Å². The predicted octanol–water partition coefficient (Wildman–Crippen LogP) is 1.80. The maximum absolute atomic E-state index is 12.6. The highest BCUT2D eigenvalue weighted by Crippen LogP contribution is 2.27. The van der Waals surface area contributed by atoms with Crippen molar-refractivity contribution in [1.82, 2.24) is 9.78 Å². The van der Waals surface area contributed by atoms with Crippen LogP contribution in [0.5, 0.6) is 0 Å². The van der Waals surface area contributed by atoms with E-state index in [0.29, 0.717) is 6.54 Å². The lowest BCUT2D eigenvalue weighted by molar-refractivity contribution is 0.0690. The van der Waals surface area contributed by atoms with E-state index < -0.39 is 5.97 Å². The Kier molecular flexibility index (Phi) is 2.78. The largest absolute Gasteiger partial charge is 0.478 e. The number of carbonyl (C=O) groups is 2. The van der Waals surface area contributed by atoms with Crippen LogP contribution in [-0.2, 0) is 0 Å². The number of rotatable bonds is 2.